The van der Waals surface area contributed by atoms with E-state index in [1.165, 1.54) is 5.56 Å². The van der Waals surface area contributed by atoms with Gasteiger partial charge >= 0.3 is 0 Å². The molecule has 2 N–H and O–H groups in total. The van der Waals surface area contributed by atoms with Crippen molar-refractivity contribution in [3.8, 4) is 0 Å². The average Bonchev–Trinajstić information content (AvgIpc) is 2.96. The van der Waals surface area contributed by atoms with Crippen LogP contribution in [0.4, 0.5) is 11.5 Å². The number of carbonyl (C=O) groups is 1. The van der Waals surface area contributed by atoms with Gasteiger partial charge in [0.1, 0.15) is 11.9 Å². The molecule has 0 saturated heterocycles. The number of benzene rings is 1. The molecule has 0 fully saturated rings. The number of hydrogen-bond acceptors (Lipinski definition) is 3. The molecule has 23 heavy (non-hydrogen) atoms. The Morgan fingerprint density at radius 2 is 1.70 bits per heavy atom. The lowest BCUT2D eigenvalue weighted by Gasteiger charge is -2.17. The maximum absolute atomic E-state index is 12.4. The second kappa shape index (κ2) is 7.31. The van der Waals surface area contributed by atoms with Gasteiger partial charge in [-0.15, -0.1) is 0 Å². The summed E-state index contributed by atoms with van der Waals surface area (Å²) in [5.41, 5.74) is 2.22. The van der Waals surface area contributed by atoms with Crippen LogP contribution in [0, 0.1) is 0 Å². The third kappa shape index (κ3) is 4.34. The molecule has 5 nitrogen and oxygen atoms in total. The number of hydrogen-bond donors (Lipinski definition) is 2. The van der Waals surface area contributed by atoms with Gasteiger partial charge < -0.3 is 10.6 Å². The second-order valence-corrected chi connectivity index (χ2v) is 6.39. The highest BCUT2D eigenvalue weighted by atomic mass is 16.2. The van der Waals surface area contributed by atoms with Gasteiger partial charge in [-0.3, -0.25) is 4.79 Å². The van der Waals surface area contributed by atoms with Crippen molar-refractivity contribution in [1.29, 1.82) is 0 Å². The van der Waals surface area contributed by atoms with Crippen LogP contribution in [0.15, 0.2) is 36.5 Å². The molecule has 0 saturated carbocycles. The second-order valence-electron chi connectivity index (χ2n) is 6.39. The van der Waals surface area contributed by atoms with Crippen molar-refractivity contribution in [2.45, 2.75) is 52.6 Å². The number of nitrogens with zero attached hydrogens (tertiary/aromatic N) is 2. The van der Waals surface area contributed by atoms with E-state index in [1.807, 2.05) is 39.0 Å². The molecule has 0 spiro atoms. The average molecular weight is 314 g/mol. The number of anilines is 2. The Balaban J connectivity index is 1.98. The molecular weight excluding hydrogens is 288 g/mol. The van der Waals surface area contributed by atoms with Crippen LogP contribution in [-0.2, 0) is 4.79 Å². The Bertz CT molecular complexity index is 643. The van der Waals surface area contributed by atoms with E-state index in [1.54, 1.807) is 10.9 Å². The van der Waals surface area contributed by atoms with Gasteiger partial charge in [-0.05, 0) is 44.4 Å². The minimum absolute atomic E-state index is 0.0830. The zero-order valence-electron chi connectivity index (χ0n) is 14.5. The van der Waals surface area contributed by atoms with Gasteiger partial charge in [0.2, 0.25) is 5.91 Å². The molecule has 0 aliphatic heterocycles. The maximum atomic E-state index is 12.4. The summed E-state index contributed by atoms with van der Waals surface area (Å²) >= 11 is 0. The van der Waals surface area contributed by atoms with E-state index in [9.17, 15) is 4.79 Å². The number of carbonyl (C=O) groups excluding carboxylic acids is 1. The Hall–Kier alpha value is -2.30. The van der Waals surface area contributed by atoms with Gasteiger partial charge in [0, 0.05) is 17.8 Å². The molecule has 1 amide bonds. The Morgan fingerprint density at radius 1 is 1.04 bits per heavy atom. The van der Waals surface area contributed by atoms with Gasteiger partial charge in [-0.25, -0.2) is 4.68 Å². The third-order valence-electron chi connectivity index (χ3n) is 3.76. The zero-order chi connectivity index (χ0) is 17.0. The predicted molar refractivity (Wildman–Crippen MR) is 94.9 cm³/mol. The molecule has 0 aliphatic carbocycles. The Kier molecular flexibility index (Phi) is 5.42. The summed E-state index contributed by atoms with van der Waals surface area (Å²) < 4.78 is 1.79. The lowest BCUT2D eigenvalue weighted by atomic mass is 10.0. The summed E-state index contributed by atoms with van der Waals surface area (Å²) in [6, 6.07) is 9.87. The van der Waals surface area contributed by atoms with Crippen LogP contribution in [0.3, 0.4) is 0 Å². The van der Waals surface area contributed by atoms with Crippen molar-refractivity contribution in [2.75, 3.05) is 10.6 Å². The Morgan fingerprint density at radius 3 is 2.26 bits per heavy atom. The van der Waals surface area contributed by atoms with Crippen molar-refractivity contribution in [2.24, 2.45) is 0 Å². The topological polar surface area (TPSA) is 59.0 Å². The Labute approximate surface area is 138 Å². The molecule has 0 aliphatic rings. The molecule has 1 aromatic carbocycles. The summed E-state index contributed by atoms with van der Waals surface area (Å²) in [6.45, 7) is 10.2. The van der Waals surface area contributed by atoms with Crippen LogP contribution < -0.4 is 10.6 Å². The van der Waals surface area contributed by atoms with Crippen LogP contribution >= 0.6 is 0 Å². The van der Waals surface area contributed by atoms with E-state index in [0.717, 1.165) is 5.69 Å². The third-order valence-corrected chi connectivity index (χ3v) is 3.76. The number of amides is 1. The number of rotatable bonds is 6. The first-order valence-corrected chi connectivity index (χ1v) is 8.09. The molecule has 5 heteroatoms. The van der Waals surface area contributed by atoms with Crippen LogP contribution in [0.5, 0.6) is 0 Å². The predicted octanol–water partition coefficient (Wildman–Crippen LogP) is 4.03. The largest absolute Gasteiger partial charge is 0.374 e. The van der Waals surface area contributed by atoms with Crippen molar-refractivity contribution >= 4 is 17.4 Å². The van der Waals surface area contributed by atoms with E-state index in [4.69, 9.17) is 0 Å². The first kappa shape index (κ1) is 17.1. The van der Waals surface area contributed by atoms with E-state index in [0.29, 0.717) is 11.7 Å². The monoisotopic (exact) mass is 314 g/mol. The standard InChI is InChI=1S/C18H26N4O/c1-12(2)15-6-8-16(9-7-15)20-14(5)18(23)21-17-10-11-19-22(17)13(3)4/h6-14,20H,1-5H3,(H,21,23). The summed E-state index contributed by atoms with van der Waals surface area (Å²) in [5, 5.41) is 10.4. The maximum Gasteiger partial charge on any atom is 0.247 e. The van der Waals surface area contributed by atoms with Gasteiger partial charge in [-0.2, -0.15) is 5.10 Å². The molecule has 124 valence electrons. The minimum atomic E-state index is -0.338. The highest BCUT2D eigenvalue weighted by Gasteiger charge is 2.15. The van der Waals surface area contributed by atoms with Gasteiger partial charge in [0.05, 0.1) is 6.20 Å². The van der Waals surface area contributed by atoms with E-state index in [2.05, 4.69) is 41.7 Å². The van der Waals surface area contributed by atoms with Gasteiger partial charge in [-0.1, -0.05) is 26.0 Å². The molecule has 0 bridgehead atoms. The van der Waals surface area contributed by atoms with Gasteiger partial charge in [0.15, 0.2) is 0 Å². The molecule has 1 aromatic heterocycles. The van der Waals surface area contributed by atoms with Crippen molar-refractivity contribution in [3.63, 3.8) is 0 Å². The fourth-order valence-electron chi connectivity index (χ4n) is 2.34. The van der Waals surface area contributed by atoms with Crippen LogP contribution in [0.2, 0.25) is 0 Å². The first-order chi connectivity index (χ1) is 10.9. The minimum Gasteiger partial charge on any atom is -0.374 e. The molecule has 1 unspecified atom stereocenters. The molecule has 1 heterocycles. The van der Waals surface area contributed by atoms with Crippen LogP contribution in [-0.4, -0.2) is 21.7 Å². The van der Waals surface area contributed by atoms with E-state index < -0.39 is 0 Å². The lowest BCUT2D eigenvalue weighted by Crippen LogP contribution is -2.32. The lowest BCUT2D eigenvalue weighted by molar-refractivity contribution is -0.116. The summed E-state index contributed by atoms with van der Waals surface area (Å²) in [6.07, 6.45) is 1.69. The number of nitrogens with one attached hydrogen (secondary N) is 2. The summed E-state index contributed by atoms with van der Waals surface area (Å²) in [4.78, 5) is 12.4. The summed E-state index contributed by atoms with van der Waals surface area (Å²) in [7, 11) is 0. The molecule has 2 aromatic rings. The zero-order valence-corrected chi connectivity index (χ0v) is 14.5. The smallest absolute Gasteiger partial charge is 0.247 e. The van der Waals surface area contributed by atoms with Gasteiger partial charge in [0.25, 0.3) is 0 Å². The van der Waals surface area contributed by atoms with Crippen molar-refractivity contribution in [3.05, 3.63) is 42.1 Å². The van der Waals surface area contributed by atoms with Crippen LogP contribution in [0.25, 0.3) is 0 Å². The van der Waals surface area contributed by atoms with Crippen molar-refractivity contribution in [1.82, 2.24) is 9.78 Å². The molecule has 2 rings (SSSR count). The molecule has 0 radical (unpaired) electrons. The van der Waals surface area contributed by atoms with E-state index in [-0.39, 0.29) is 18.0 Å². The normalized spacial score (nSPS) is 12.5. The fraction of sp³-hybridized carbons (Fsp3) is 0.444. The summed E-state index contributed by atoms with van der Waals surface area (Å²) in [5.74, 6) is 1.13. The molecular formula is C18H26N4O. The fourth-order valence-corrected chi connectivity index (χ4v) is 2.34. The highest BCUT2D eigenvalue weighted by molar-refractivity contribution is 5.95. The van der Waals surface area contributed by atoms with Crippen LogP contribution in [0.1, 0.15) is 52.1 Å². The number of aromatic nitrogens is 2. The van der Waals surface area contributed by atoms with Crippen molar-refractivity contribution < 1.29 is 4.79 Å². The van der Waals surface area contributed by atoms with E-state index >= 15 is 0 Å². The highest BCUT2D eigenvalue weighted by Crippen LogP contribution is 2.18. The SMILES string of the molecule is CC(Nc1ccc(C(C)C)cc1)C(=O)Nc1ccnn1C(C)C. The first-order valence-electron chi connectivity index (χ1n) is 8.09. The molecule has 1 atom stereocenters. The quantitative estimate of drug-likeness (QED) is 0.846.